The lowest BCUT2D eigenvalue weighted by atomic mass is 9.96. The average Bonchev–Trinajstić information content (AvgIpc) is 3.52. The van der Waals surface area contributed by atoms with Gasteiger partial charge in [-0.15, -0.1) is 0 Å². The second-order valence-electron chi connectivity index (χ2n) is 11.8. The number of aromatic nitrogens is 2. The molecule has 0 aliphatic heterocycles. The maximum atomic E-state index is 6.40. The monoisotopic (exact) mass is 600 g/mol. The van der Waals surface area contributed by atoms with Crippen LogP contribution in [0.4, 0.5) is 0 Å². The molecule has 0 N–H and O–H groups in total. The second-order valence-corrected chi connectivity index (χ2v) is 11.8. The summed E-state index contributed by atoms with van der Waals surface area (Å²) in [4.78, 5) is 10.0. The normalized spacial score (nSPS) is 11.4. The molecule has 3 nitrogen and oxygen atoms in total. The van der Waals surface area contributed by atoms with Crippen LogP contribution in [0.2, 0.25) is 0 Å². The van der Waals surface area contributed by atoms with E-state index in [1.54, 1.807) is 0 Å². The van der Waals surface area contributed by atoms with Crippen molar-refractivity contribution in [2.75, 3.05) is 0 Å². The van der Waals surface area contributed by atoms with Crippen LogP contribution in [0.5, 0.6) is 0 Å². The summed E-state index contributed by atoms with van der Waals surface area (Å²) in [6.07, 6.45) is 0. The minimum absolute atomic E-state index is 0.666. The molecule has 0 aliphatic carbocycles. The first-order chi connectivity index (χ1) is 23.3. The van der Waals surface area contributed by atoms with Crippen LogP contribution < -0.4 is 0 Å². The molecule has 2 heterocycles. The van der Waals surface area contributed by atoms with Gasteiger partial charge in [0.05, 0.1) is 11.4 Å². The fraction of sp³-hybridized carbons (Fsp3) is 0. The van der Waals surface area contributed by atoms with Gasteiger partial charge < -0.3 is 4.42 Å². The number of nitrogens with zero attached hydrogens (tertiary/aromatic N) is 2. The quantitative estimate of drug-likeness (QED) is 0.197. The zero-order valence-electron chi connectivity index (χ0n) is 25.5. The molecule has 0 saturated carbocycles. The van der Waals surface area contributed by atoms with Gasteiger partial charge in [0.1, 0.15) is 11.2 Å². The number of hydrogen-bond donors (Lipinski definition) is 0. The van der Waals surface area contributed by atoms with Crippen LogP contribution in [0.1, 0.15) is 0 Å². The van der Waals surface area contributed by atoms with E-state index in [0.717, 1.165) is 55.6 Å². The molecule has 0 spiro atoms. The number of fused-ring (bicyclic) bond motifs is 4. The summed E-state index contributed by atoms with van der Waals surface area (Å²) in [5.41, 5.74) is 11.2. The highest BCUT2D eigenvalue weighted by atomic mass is 16.3. The van der Waals surface area contributed by atoms with Crippen LogP contribution in [0.15, 0.2) is 174 Å². The number of benzene rings is 7. The summed E-state index contributed by atoms with van der Waals surface area (Å²) < 4.78 is 6.40. The lowest BCUT2D eigenvalue weighted by Crippen LogP contribution is -1.95. The Bertz CT molecular complexity index is 2490. The van der Waals surface area contributed by atoms with Crippen molar-refractivity contribution in [3.63, 3.8) is 0 Å². The fourth-order valence-electron chi connectivity index (χ4n) is 6.51. The molecule has 47 heavy (non-hydrogen) atoms. The van der Waals surface area contributed by atoms with Crippen LogP contribution >= 0.6 is 0 Å². The van der Waals surface area contributed by atoms with Crippen molar-refractivity contribution in [1.82, 2.24) is 9.97 Å². The number of hydrogen-bond acceptors (Lipinski definition) is 3. The van der Waals surface area contributed by atoms with Gasteiger partial charge in [0, 0.05) is 27.5 Å². The van der Waals surface area contributed by atoms with Crippen LogP contribution in [0.3, 0.4) is 0 Å². The van der Waals surface area contributed by atoms with E-state index in [4.69, 9.17) is 14.4 Å². The molecule has 0 saturated heterocycles. The molecule has 0 amide bonds. The zero-order valence-corrected chi connectivity index (χ0v) is 25.5. The zero-order chi connectivity index (χ0) is 31.2. The topological polar surface area (TPSA) is 38.9 Å². The largest absolute Gasteiger partial charge is 0.456 e. The van der Waals surface area contributed by atoms with Gasteiger partial charge in [-0.1, -0.05) is 140 Å². The van der Waals surface area contributed by atoms with E-state index < -0.39 is 0 Å². The highest BCUT2D eigenvalue weighted by Crippen LogP contribution is 2.36. The third-order valence-corrected chi connectivity index (χ3v) is 8.91. The SMILES string of the molecule is c1ccc(-c2cc(-c3ccccc3)nc(-c3ccc4c(c3)oc3ccc(-c5ccc(-c6cccc7ccccc67)cc5)cc34)n2)cc1. The van der Waals surface area contributed by atoms with Crippen molar-refractivity contribution in [1.29, 1.82) is 0 Å². The van der Waals surface area contributed by atoms with Crippen LogP contribution in [0.25, 0.3) is 88.9 Å². The summed E-state index contributed by atoms with van der Waals surface area (Å²) in [6, 6.07) is 59.2. The van der Waals surface area contributed by atoms with Gasteiger partial charge in [-0.3, -0.25) is 0 Å². The summed E-state index contributed by atoms with van der Waals surface area (Å²) >= 11 is 0. The summed E-state index contributed by atoms with van der Waals surface area (Å²) in [6.45, 7) is 0. The van der Waals surface area contributed by atoms with Gasteiger partial charge in [-0.25, -0.2) is 9.97 Å². The van der Waals surface area contributed by atoms with E-state index in [1.165, 1.54) is 27.5 Å². The van der Waals surface area contributed by atoms with E-state index >= 15 is 0 Å². The van der Waals surface area contributed by atoms with E-state index in [-0.39, 0.29) is 0 Å². The molecular formula is C44H28N2O. The summed E-state index contributed by atoms with van der Waals surface area (Å²) in [5.74, 6) is 0.666. The molecule has 0 aliphatic rings. The molecule has 7 aromatic carbocycles. The minimum Gasteiger partial charge on any atom is -0.456 e. The Hall–Kier alpha value is -6.32. The van der Waals surface area contributed by atoms with Crippen molar-refractivity contribution in [3.8, 4) is 56.2 Å². The average molecular weight is 601 g/mol. The molecule has 0 radical (unpaired) electrons. The lowest BCUT2D eigenvalue weighted by molar-refractivity contribution is 0.669. The standard InChI is InChI=1S/C44H28N2O/c1-3-11-32(12-4-1)40-28-41(33-13-5-2-6-14-33)46-44(45-40)35-22-24-38-39-26-34(23-25-42(39)47-43(38)27-35)29-18-20-31(21-19-29)37-17-9-15-30-10-7-8-16-36(30)37/h1-28H. The maximum Gasteiger partial charge on any atom is 0.160 e. The first-order valence-corrected chi connectivity index (χ1v) is 15.8. The first-order valence-electron chi connectivity index (χ1n) is 15.8. The molecule has 220 valence electrons. The number of furan rings is 1. The summed E-state index contributed by atoms with van der Waals surface area (Å²) in [5, 5.41) is 4.68. The first kappa shape index (κ1) is 27.0. The molecule has 0 fully saturated rings. The highest BCUT2D eigenvalue weighted by molar-refractivity contribution is 6.07. The Morgan fingerprint density at radius 3 is 1.70 bits per heavy atom. The van der Waals surface area contributed by atoms with Crippen molar-refractivity contribution in [2.24, 2.45) is 0 Å². The van der Waals surface area contributed by atoms with E-state index in [1.807, 2.05) is 36.4 Å². The van der Waals surface area contributed by atoms with Gasteiger partial charge in [-0.2, -0.15) is 0 Å². The third kappa shape index (κ3) is 4.95. The minimum atomic E-state index is 0.666. The predicted molar refractivity (Wildman–Crippen MR) is 194 cm³/mol. The molecule has 0 unspecified atom stereocenters. The Morgan fingerprint density at radius 2 is 0.957 bits per heavy atom. The highest BCUT2D eigenvalue weighted by Gasteiger charge is 2.14. The van der Waals surface area contributed by atoms with Crippen molar-refractivity contribution in [3.05, 3.63) is 170 Å². The third-order valence-electron chi connectivity index (χ3n) is 8.91. The van der Waals surface area contributed by atoms with Crippen molar-refractivity contribution >= 4 is 32.7 Å². The van der Waals surface area contributed by atoms with Gasteiger partial charge in [0.15, 0.2) is 5.82 Å². The van der Waals surface area contributed by atoms with Crippen LogP contribution in [-0.2, 0) is 0 Å². The van der Waals surface area contributed by atoms with E-state index in [2.05, 4.69) is 133 Å². The Morgan fingerprint density at radius 1 is 0.340 bits per heavy atom. The van der Waals surface area contributed by atoms with Crippen LogP contribution in [0, 0.1) is 0 Å². The molecular weight excluding hydrogens is 572 g/mol. The predicted octanol–water partition coefficient (Wildman–Crippen LogP) is 11.9. The lowest BCUT2D eigenvalue weighted by Gasteiger charge is -2.09. The van der Waals surface area contributed by atoms with Crippen LogP contribution in [-0.4, -0.2) is 9.97 Å². The Kier molecular flexibility index (Phi) is 6.46. The molecule has 2 aromatic heterocycles. The fourth-order valence-corrected chi connectivity index (χ4v) is 6.51. The second kappa shape index (κ2) is 11.2. The molecule has 0 bridgehead atoms. The molecule has 9 aromatic rings. The number of rotatable bonds is 5. The maximum absolute atomic E-state index is 6.40. The van der Waals surface area contributed by atoms with E-state index in [9.17, 15) is 0 Å². The van der Waals surface area contributed by atoms with Gasteiger partial charge in [-0.05, 0) is 63.4 Å². The van der Waals surface area contributed by atoms with Gasteiger partial charge in [0.25, 0.3) is 0 Å². The van der Waals surface area contributed by atoms with Crippen molar-refractivity contribution in [2.45, 2.75) is 0 Å². The Labute approximate surface area is 272 Å². The van der Waals surface area contributed by atoms with E-state index in [0.29, 0.717) is 5.82 Å². The van der Waals surface area contributed by atoms with Gasteiger partial charge >= 0.3 is 0 Å². The molecule has 0 atom stereocenters. The Balaban J connectivity index is 1.09. The summed E-state index contributed by atoms with van der Waals surface area (Å²) in [7, 11) is 0. The molecule has 9 rings (SSSR count). The van der Waals surface area contributed by atoms with Gasteiger partial charge in [0.2, 0.25) is 0 Å². The smallest absolute Gasteiger partial charge is 0.160 e. The van der Waals surface area contributed by atoms with Crippen molar-refractivity contribution < 1.29 is 4.42 Å². The molecule has 3 heteroatoms.